The summed E-state index contributed by atoms with van der Waals surface area (Å²) in [6, 6.07) is 17.9. The molecule has 14 heteroatoms. The predicted octanol–water partition coefficient (Wildman–Crippen LogP) is 3.69. The number of carbonyl (C=O) groups is 4. The van der Waals surface area contributed by atoms with E-state index < -0.39 is 36.2 Å². The maximum absolute atomic E-state index is 12.9. The summed E-state index contributed by atoms with van der Waals surface area (Å²) in [5.74, 6) is -4.15. The van der Waals surface area contributed by atoms with E-state index in [-0.39, 0.29) is 23.0 Å². The number of amides is 2. The van der Waals surface area contributed by atoms with Crippen molar-refractivity contribution in [1.82, 2.24) is 10.6 Å². The number of alkyl halides is 3. The highest BCUT2D eigenvalue weighted by atomic mass is 19.4. The van der Waals surface area contributed by atoms with Crippen molar-refractivity contribution in [3.63, 3.8) is 0 Å². The van der Waals surface area contributed by atoms with Gasteiger partial charge in [0.2, 0.25) is 0 Å². The van der Waals surface area contributed by atoms with Crippen LogP contribution in [-0.2, 0) is 9.53 Å². The minimum atomic E-state index is -5.08. The van der Waals surface area contributed by atoms with Crippen LogP contribution in [0.15, 0.2) is 72.8 Å². The minimum Gasteiger partial charge on any atom is -0.508 e. The number of aromatic hydroxyl groups is 2. The molecular weight excluding hydrogens is 575 g/mol. The number of para-hydroxylation sites is 1. The fourth-order valence-electron chi connectivity index (χ4n) is 3.93. The van der Waals surface area contributed by atoms with Crippen LogP contribution in [0.25, 0.3) is 0 Å². The van der Waals surface area contributed by atoms with Crippen LogP contribution >= 0.6 is 0 Å². The number of ether oxygens (including phenoxy) is 1. The first-order valence-electron chi connectivity index (χ1n) is 12.9. The Hall–Kier alpha value is -5.11. The van der Waals surface area contributed by atoms with E-state index in [0.29, 0.717) is 29.8 Å². The van der Waals surface area contributed by atoms with Crippen molar-refractivity contribution in [1.29, 1.82) is 0 Å². The number of carbonyl (C=O) groups excluding carboxylic acids is 3. The summed E-state index contributed by atoms with van der Waals surface area (Å²) < 4.78 is 37.5. The molecular formula is C29H28F3N3O8. The molecule has 11 nitrogen and oxygen atoms in total. The third kappa shape index (κ3) is 9.74. The topological polar surface area (TPSA) is 174 Å². The SMILES string of the molecule is O=C(N[C@@H]1CNCCC[C@H]1OC(=O)c1ccc(NC(=O)c2ccccc2O)cc1)c1ccc(O)cc1.O=C(O)C(F)(F)F. The van der Waals surface area contributed by atoms with Crippen LogP contribution in [0.1, 0.15) is 43.9 Å². The van der Waals surface area contributed by atoms with Crippen LogP contribution < -0.4 is 16.0 Å². The molecule has 0 bridgehead atoms. The van der Waals surface area contributed by atoms with Gasteiger partial charge < -0.3 is 36.0 Å². The number of benzene rings is 3. The van der Waals surface area contributed by atoms with E-state index in [1.165, 1.54) is 36.4 Å². The third-order valence-electron chi connectivity index (χ3n) is 6.13. The van der Waals surface area contributed by atoms with Crippen LogP contribution in [0.3, 0.4) is 0 Å². The Bertz CT molecular complexity index is 1430. The fourth-order valence-corrected chi connectivity index (χ4v) is 3.93. The Morgan fingerprint density at radius 1 is 0.860 bits per heavy atom. The Morgan fingerprint density at radius 3 is 2.07 bits per heavy atom. The molecule has 0 saturated carbocycles. The number of phenols is 2. The van der Waals surface area contributed by atoms with Crippen LogP contribution in [0.2, 0.25) is 0 Å². The van der Waals surface area contributed by atoms with Crippen LogP contribution in [0.5, 0.6) is 11.5 Å². The maximum atomic E-state index is 12.9. The van der Waals surface area contributed by atoms with Gasteiger partial charge in [-0.25, -0.2) is 9.59 Å². The zero-order valence-electron chi connectivity index (χ0n) is 22.4. The van der Waals surface area contributed by atoms with Gasteiger partial charge in [0.05, 0.1) is 17.2 Å². The number of carboxylic acids is 1. The lowest BCUT2D eigenvalue weighted by molar-refractivity contribution is -0.192. The van der Waals surface area contributed by atoms with Crippen molar-refractivity contribution >= 4 is 29.4 Å². The summed E-state index contributed by atoms with van der Waals surface area (Å²) >= 11 is 0. The van der Waals surface area contributed by atoms with Gasteiger partial charge in [0.1, 0.15) is 17.6 Å². The van der Waals surface area contributed by atoms with E-state index in [2.05, 4.69) is 16.0 Å². The molecule has 0 aromatic heterocycles. The Balaban J connectivity index is 0.000000646. The molecule has 3 aromatic carbocycles. The minimum absolute atomic E-state index is 0.0679. The largest absolute Gasteiger partial charge is 0.508 e. The first-order valence-corrected chi connectivity index (χ1v) is 12.9. The normalized spacial score (nSPS) is 16.4. The van der Waals surface area contributed by atoms with Gasteiger partial charge in [0.15, 0.2) is 0 Å². The number of carboxylic acid groups (broad SMARTS) is 1. The van der Waals surface area contributed by atoms with Gasteiger partial charge in [-0.1, -0.05) is 12.1 Å². The molecule has 1 saturated heterocycles. The Morgan fingerprint density at radius 2 is 1.47 bits per heavy atom. The van der Waals surface area contributed by atoms with Gasteiger partial charge >= 0.3 is 18.1 Å². The van der Waals surface area contributed by atoms with Crippen LogP contribution in [0.4, 0.5) is 18.9 Å². The van der Waals surface area contributed by atoms with E-state index in [4.69, 9.17) is 14.6 Å². The highest BCUT2D eigenvalue weighted by molar-refractivity contribution is 6.06. The summed E-state index contributed by atoms with van der Waals surface area (Å²) in [6.45, 7) is 1.18. The summed E-state index contributed by atoms with van der Waals surface area (Å²) in [5.41, 5.74) is 1.29. The third-order valence-corrected chi connectivity index (χ3v) is 6.13. The maximum Gasteiger partial charge on any atom is 0.490 e. The van der Waals surface area contributed by atoms with Crippen molar-refractivity contribution in [2.75, 3.05) is 18.4 Å². The summed E-state index contributed by atoms with van der Waals surface area (Å²) in [4.78, 5) is 46.8. The monoisotopic (exact) mass is 603 g/mol. The van der Waals surface area contributed by atoms with Crippen molar-refractivity contribution in [3.8, 4) is 11.5 Å². The van der Waals surface area contributed by atoms with Gasteiger partial charge in [-0.3, -0.25) is 9.59 Å². The predicted molar refractivity (Wildman–Crippen MR) is 147 cm³/mol. The van der Waals surface area contributed by atoms with Gasteiger partial charge in [-0.15, -0.1) is 0 Å². The number of aliphatic carboxylic acids is 1. The Labute approximate surface area is 243 Å². The molecule has 4 rings (SSSR count). The number of hydrogen-bond acceptors (Lipinski definition) is 8. The second-order valence-electron chi connectivity index (χ2n) is 9.27. The van der Waals surface area contributed by atoms with Crippen molar-refractivity contribution in [3.05, 3.63) is 89.5 Å². The molecule has 0 spiro atoms. The van der Waals surface area contributed by atoms with Crippen molar-refractivity contribution < 1.29 is 52.4 Å². The van der Waals surface area contributed by atoms with Gasteiger partial charge in [-0.2, -0.15) is 13.2 Å². The van der Waals surface area contributed by atoms with Crippen molar-refractivity contribution in [2.24, 2.45) is 0 Å². The average molecular weight is 604 g/mol. The molecule has 0 unspecified atom stereocenters. The quantitative estimate of drug-likeness (QED) is 0.230. The second-order valence-corrected chi connectivity index (χ2v) is 9.27. The summed E-state index contributed by atoms with van der Waals surface area (Å²) in [5, 5.41) is 35.3. The number of nitrogens with one attached hydrogen (secondary N) is 3. The standard InChI is InChI=1S/C27H27N3O6.C2HF3O2/c31-20-13-9-17(10-14-20)25(33)30-22-16-28-15-3-6-24(22)36-27(35)18-7-11-19(12-8-18)29-26(34)21-4-1-2-5-23(21)32;3-2(4,5)1(6)7/h1-2,4-5,7-14,22,24,28,31-32H,3,6,15-16H2,(H,29,34)(H,30,33);(H,6,7)/t22-,24-;/m1./s1. The van der Waals surface area contributed by atoms with Crippen LogP contribution in [-0.4, -0.2) is 70.5 Å². The Kier molecular flexibility index (Phi) is 11.1. The summed E-state index contributed by atoms with van der Waals surface area (Å²) in [7, 11) is 0. The lowest BCUT2D eigenvalue weighted by Crippen LogP contribution is -2.49. The number of phenolic OH excluding ortho intramolecular Hbond substituents is 2. The van der Waals surface area contributed by atoms with Crippen molar-refractivity contribution in [2.45, 2.75) is 31.2 Å². The van der Waals surface area contributed by atoms with Gasteiger partial charge in [0.25, 0.3) is 11.8 Å². The number of halogens is 3. The van der Waals surface area contributed by atoms with E-state index in [1.54, 1.807) is 36.4 Å². The molecule has 0 radical (unpaired) electrons. The second kappa shape index (κ2) is 14.7. The molecule has 228 valence electrons. The lowest BCUT2D eigenvalue weighted by Gasteiger charge is -2.26. The average Bonchev–Trinajstić information content (AvgIpc) is 3.18. The lowest BCUT2D eigenvalue weighted by atomic mass is 10.1. The number of anilines is 1. The first kappa shape index (κ1) is 32.4. The van der Waals surface area contributed by atoms with Gasteiger partial charge in [0, 0.05) is 17.8 Å². The molecule has 2 atom stereocenters. The number of esters is 1. The van der Waals surface area contributed by atoms with Crippen LogP contribution in [0, 0.1) is 0 Å². The molecule has 1 fully saturated rings. The highest BCUT2D eigenvalue weighted by Gasteiger charge is 2.38. The molecule has 1 aliphatic rings. The molecule has 6 N–H and O–H groups in total. The first-order chi connectivity index (χ1) is 20.3. The number of hydrogen-bond donors (Lipinski definition) is 6. The molecule has 43 heavy (non-hydrogen) atoms. The van der Waals surface area contributed by atoms with E-state index in [1.807, 2.05) is 0 Å². The number of rotatable bonds is 6. The van der Waals surface area contributed by atoms with E-state index >= 15 is 0 Å². The smallest absolute Gasteiger partial charge is 0.490 e. The molecule has 3 aromatic rings. The molecule has 1 heterocycles. The fraction of sp³-hybridized carbons (Fsp3) is 0.241. The zero-order chi connectivity index (χ0) is 31.6. The molecule has 1 aliphatic heterocycles. The summed E-state index contributed by atoms with van der Waals surface area (Å²) in [6.07, 6.45) is -4.26. The van der Waals surface area contributed by atoms with E-state index in [9.17, 15) is 37.8 Å². The molecule has 2 amide bonds. The zero-order valence-corrected chi connectivity index (χ0v) is 22.4. The molecule has 0 aliphatic carbocycles. The van der Waals surface area contributed by atoms with E-state index in [0.717, 1.165) is 13.0 Å². The van der Waals surface area contributed by atoms with Gasteiger partial charge in [-0.05, 0) is 80.1 Å². The highest BCUT2D eigenvalue weighted by Crippen LogP contribution is 2.20.